The summed E-state index contributed by atoms with van der Waals surface area (Å²) in [4.78, 5) is 26.2. The Morgan fingerprint density at radius 2 is 0.855 bits per heavy atom. The molecule has 0 amide bonds. The lowest BCUT2D eigenvalue weighted by Gasteiger charge is -2.11. The lowest BCUT2D eigenvalue weighted by atomic mass is 9.99. The number of fused-ring (bicyclic) bond motifs is 4. The Hall–Kier alpha value is -8.55. The van der Waals surface area contributed by atoms with E-state index in [1.54, 1.807) is 0 Å². The summed E-state index contributed by atoms with van der Waals surface area (Å²) in [5, 5.41) is 2.95. The predicted molar refractivity (Wildman–Crippen MR) is 254 cm³/mol. The van der Waals surface area contributed by atoms with Crippen LogP contribution < -0.4 is 0 Å². The molecule has 0 radical (unpaired) electrons. The van der Waals surface area contributed by atoms with Crippen LogP contribution in [0, 0.1) is 0 Å². The molecule has 0 N–H and O–H groups in total. The summed E-state index contributed by atoms with van der Waals surface area (Å²) in [6.45, 7) is 8.43. The summed E-state index contributed by atoms with van der Waals surface area (Å²) in [6.07, 6.45) is 3.84. The van der Waals surface area contributed by atoms with Gasteiger partial charge in [-0.05, 0) is 53.6 Å². The molecule has 7 nitrogen and oxygen atoms in total. The molecule has 0 spiro atoms. The molecule has 7 aromatic carbocycles. The van der Waals surface area contributed by atoms with Crippen molar-refractivity contribution in [3.8, 4) is 68.2 Å². The number of aromatic nitrogens is 7. The Bertz CT molecular complexity index is 3410. The molecule has 0 aliphatic rings. The van der Waals surface area contributed by atoms with Gasteiger partial charge in [0.05, 0.1) is 27.8 Å². The van der Waals surface area contributed by atoms with Crippen molar-refractivity contribution in [3.05, 3.63) is 212 Å². The first-order valence-corrected chi connectivity index (χ1v) is 20.5. The topological polar surface area (TPSA) is 74.3 Å². The monoisotopic (exact) mass is 795 g/mol. The van der Waals surface area contributed by atoms with Crippen LogP contribution in [0.4, 0.5) is 0 Å². The first-order chi connectivity index (χ1) is 30.7. The minimum absolute atomic E-state index is 0.457. The average molecular weight is 796 g/mol. The molecule has 0 aliphatic carbocycles. The van der Waals surface area contributed by atoms with Crippen molar-refractivity contribution >= 4 is 45.0 Å². The molecule has 0 saturated heterocycles. The van der Waals surface area contributed by atoms with E-state index in [4.69, 9.17) is 24.9 Å². The van der Waals surface area contributed by atoms with E-state index in [2.05, 4.69) is 95.1 Å². The van der Waals surface area contributed by atoms with Crippen LogP contribution in [-0.2, 0) is 0 Å². The molecule has 11 rings (SSSR count). The Morgan fingerprint density at radius 3 is 1.37 bits per heavy atom. The SMILES string of the molecule is C=Cc1c(C=C)n(-c2ccccc2)c2ccc(-c3ccc4c(c3)c3c(-c5ccccc5)nc(-c5ccccc5)nc3n4-c3nc(-c4ccccc4)nc(-c4ccccc4)n3)cc12. The summed E-state index contributed by atoms with van der Waals surface area (Å²) < 4.78 is 4.32. The molecule has 0 aliphatic heterocycles. The number of hydrogen-bond acceptors (Lipinski definition) is 5. The molecule has 0 fully saturated rings. The minimum Gasteiger partial charge on any atom is -0.309 e. The molecule has 7 heteroatoms. The van der Waals surface area contributed by atoms with E-state index in [0.29, 0.717) is 29.1 Å². The van der Waals surface area contributed by atoms with Gasteiger partial charge in [0.2, 0.25) is 5.95 Å². The molecule has 0 bridgehead atoms. The van der Waals surface area contributed by atoms with E-state index < -0.39 is 0 Å². The average Bonchev–Trinajstić information content (AvgIpc) is 3.86. The fourth-order valence-electron chi connectivity index (χ4n) is 8.49. The molecule has 0 saturated carbocycles. The van der Waals surface area contributed by atoms with Crippen molar-refractivity contribution in [2.75, 3.05) is 0 Å². The number of benzene rings is 7. The zero-order chi connectivity index (χ0) is 41.6. The molecular weight excluding hydrogens is 759 g/mol. The number of para-hydroxylation sites is 1. The van der Waals surface area contributed by atoms with Crippen molar-refractivity contribution in [1.29, 1.82) is 0 Å². The van der Waals surface area contributed by atoms with Crippen LogP contribution in [0.2, 0.25) is 0 Å². The van der Waals surface area contributed by atoms with Crippen LogP contribution in [0.15, 0.2) is 201 Å². The van der Waals surface area contributed by atoms with Gasteiger partial charge in [-0.1, -0.05) is 171 Å². The van der Waals surface area contributed by atoms with Crippen molar-refractivity contribution < 1.29 is 0 Å². The third-order valence-corrected chi connectivity index (χ3v) is 11.4. The van der Waals surface area contributed by atoms with Gasteiger partial charge in [-0.15, -0.1) is 0 Å². The van der Waals surface area contributed by atoms with E-state index in [1.165, 1.54) is 0 Å². The highest BCUT2D eigenvalue weighted by molar-refractivity contribution is 6.15. The Kier molecular flexibility index (Phi) is 8.98. The summed E-state index contributed by atoms with van der Waals surface area (Å²) in [5.41, 5.74) is 12.3. The van der Waals surface area contributed by atoms with Crippen LogP contribution >= 0.6 is 0 Å². The van der Waals surface area contributed by atoms with Crippen molar-refractivity contribution in [2.45, 2.75) is 0 Å². The lowest BCUT2D eigenvalue weighted by molar-refractivity contribution is 0.942. The largest absolute Gasteiger partial charge is 0.309 e. The van der Waals surface area contributed by atoms with Crippen LogP contribution in [0.25, 0.3) is 113 Å². The van der Waals surface area contributed by atoms with E-state index in [1.807, 2.05) is 127 Å². The van der Waals surface area contributed by atoms with Gasteiger partial charge < -0.3 is 4.57 Å². The fourth-order valence-corrected chi connectivity index (χ4v) is 8.49. The van der Waals surface area contributed by atoms with E-state index >= 15 is 0 Å². The maximum atomic E-state index is 5.39. The lowest BCUT2D eigenvalue weighted by Crippen LogP contribution is -2.07. The van der Waals surface area contributed by atoms with Gasteiger partial charge in [0, 0.05) is 44.3 Å². The fraction of sp³-hybridized carbons (Fsp3) is 0. The summed E-state index contributed by atoms with van der Waals surface area (Å²) in [5.74, 6) is 2.19. The maximum absolute atomic E-state index is 5.39. The highest BCUT2D eigenvalue weighted by atomic mass is 15.2. The minimum atomic E-state index is 0.457. The van der Waals surface area contributed by atoms with Crippen LogP contribution in [-0.4, -0.2) is 34.1 Å². The standard InChI is InChI=1S/C55H37N7/c1-3-43-44-34-40(30-32-47(44)61(46(43)4-2)42-28-18-9-19-29-42)41-31-33-48-45(35-41)49-50(36-20-10-5-11-21-36)56-51(37-22-12-6-13-23-37)58-54(49)62(48)55-59-52(38-24-14-7-15-25-38)57-53(60-55)39-26-16-8-17-27-39/h3-35H,1-2H2. The van der Waals surface area contributed by atoms with E-state index in [9.17, 15) is 0 Å². The van der Waals surface area contributed by atoms with Crippen LogP contribution in [0.5, 0.6) is 0 Å². The van der Waals surface area contributed by atoms with Gasteiger partial charge in [0.25, 0.3) is 0 Å². The quantitative estimate of drug-likeness (QED) is 0.145. The van der Waals surface area contributed by atoms with Crippen LogP contribution in [0.1, 0.15) is 11.3 Å². The van der Waals surface area contributed by atoms with Crippen molar-refractivity contribution in [1.82, 2.24) is 34.1 Å². The first kappa shape index (κ1) is 36.5. The third-order valence-electron chi connectivity index (χ3n) is 11.4. The molecular formula is C55H37N7. The maximum Gasteiger partial charge on any atom is 0.240 e. The molecule has 4 aromatic heterocycles. The highest BCUT2D eigenvalue weighted by Gasteiger charge is 2.24. The molecule has 4 heterocycles. The second-order valence-corrected chi connectivity index (χ2v) is 15.0. The first-order valence-electron chi connectivity index (χ1n) is 20.5. The zero-order valence-electron chi connectivity index (χ0n) is 33.6. The Morgan fingerprint density at radius 1 is 0.387 bits per heavy atom. The zero-order valence-corrected chi connectivity index (χ0v) is 33.6. The predicted octanol–water partition coefficient (Wildman–Crippen LogP) is 13.3. The second kappa shape index (κ2) is 15.2. The summed E-state index contributed by atoms with van der Waals surface area (Å²) in [7, 11) is 0. The summed E-state index contributed by atoms with van der Waals surface area (Å²) in [6, 6.07) is 64.1. The third kappa shape index (κ3) is 6.19. The molecule has 0 atom stereocenters. The number of rotatable bonds is 9. The summed E-state index contributed by atoms with van der Waals surface area (Å²) >= 11 is 0. The second-order valence-electron chi connectivity index (χ2n) is 15.0. The van der Waals surface area contributed by atoms with Crippen molar-refractivity contribution in [2.24, 2.45) is 0 Å². The van der Waals surface area contributed by atoms with Gasteiger partial charge >= 0.3 is 0 Å². The van der Waals surface area contributed by atoms with E-state index in [-0.39, 0.29) is 0 Å². The van der Waals surface area contributed by atoms with Gasteiger partial charge in [0.1, 0.15) is 0 Å². The smallest absolute Gasteiger partial charge is 0.240 e. The van der Waals surface area contributed by atoms with E-state index in [0.717, 1.165) is 83.2 Å². The van der Waals surface area contributed by atoms with Gasteiger partial charge in [-0.3, -0.25) is 4.57 Å². The van der Waals surface area contributed by atoms with Gasteiger partial charge in [0.15, 0.2) is 23.1 Å². The Labute approximate surface area is 358 Å². The van der Waals surface area contributed by atoms with Crippen molar-refractivity contribution in [3.63, 3.8) is 0 Å². The Balaban J connectivity index is 1.22. The van der Waals surface area contributed by atoms with Crippen LogP contribution in [0.3, 0.4) is 0 Å². The normalized spacial score (nSPS) is 11.4. The number of hydrogen-bond donors (Lipinski definition) is 0. The molecule has 0 unspecified atom stereocenters. The number of nitrogens with zero attached hydrogens (tertiary/aromatic N) is 7. The van der Waals surface area contributed by atoms with Gasteiger partial charge in [-0.2, -0.15) is 9.97 Å². The highest BCUT2D eigenvalue weighted by Crippen LogP contribution is 2.41. The molecule has 62 heavy (non-hydrogen) atoms. The van der Waals surface area contributed by atoms with Gasteiger partial charge in [-0.25, -0.2) is 15.0 Å². The molecule has 292 valence electrons. The molecule has 11 aromatic rings.